The van der Waals surface area contributed by atoms with E-state index in [-0.39, 0.29) is 36.5 Å². The van der Waals surface area contributed by atoms with Crippen LogP contribution in [-0.2, 0) is 13.5 Å². The number of aliphatic hydroxyl groups excluding tert-OH is 1. The molecule has 0 fully saturated rings. The first-order valence-electron chi connectivity index (χ1n) is 12.2. The van der Waals surface area contributed by atoms with Crippen molar-refractivity contribution < 1.29 is 19.4 Å². The molecule has 2 aromatic heterocycles. The Kier molecular flexibility index (Phi) is 7.06. The van der Waals surface area contributed by atoms with Crippen molar-refractivity contribution in [1.82, 2.24) is 14.3 Å². The van der Waals surface area contributed by atoms with E-state index >= 15 is 0 Å². The highest BCUT2D eigenvalue weighted by atomic mass is 16.5. The minimum absolute atomic E-state index is 0.0626. The fourth-order valence-electron chi connectivity index (χ4n) is 4.41. The Balaban J connectivity index is 1.33. The number of ketones is 1. The largest absolute Gasteiger partial charge is 0.491 e. The highest BCUT2D eigenvalue weighted by molar-refractivity contribution is 5.98. The first-order chi connectivity index (χ1) is 18.5. The summed E-state index contributed by atoms with van der Waals surface area (Å²) in [5, 5.41) is 9.78. The van der Waals surface area contributed by atoms with Crippen LogP contribution in [0.5, 0.6) is 17.2 Å². The topological polar surface area (TPSA) is 95.6 Å². The highest BCUT2D eigenvalue weighted by Gasteiger charge is 2.22. The number of Topliss-reactive ketones (excluding diaryl/α,β-unsaturated/α-hetero) is 1. The van der Waals surface area contributed by atoms with Crippen molar-refractivity contribution in [3.63, 3.8) is 0 Å². The van der Waals surface area contributed by atoms with Crippen LogP contribution >= 0.6 is 0 Å². The van der Waals surface area contributed by atoms with Gasteiger partial charge in [0.1, 0.15) is 29.4 Å². The smallest absolute Gasteiger partial charge is 0.282 e. The molecule has 0 aliphatic carbocycles. The molecule has 2 heterocycles. The van der Waals surface area contributed by atoms with Crippen molar-refractivity contribution in [1.29, 1.82) is 0 Å². The molecule has 0 radical (unpaired) electrons. The Labute approximate surface area is 219 Å². The molecule has 192 valence electrons. The highest BCUT2D eigenvalue weighted by Crippen LogP contribution is 2.31. The van der Waals surface area contributed by atoms with Gasteiger partial charge in [0.2, 0.25) is 0 Å². The molecule has 8 nitrogen and oxygen atoms in total. The van der Waals surface area contributed by atoms with Crippen molar-refractivity contribution >= 4 is 16.7 Å². The number of hydrogen-bond donors (Lipinski definition) is 1. The van der Waals surface area contributed by atoms with Gasteiger partial charge in [0, 0.05) is 36.8 Å². The van der Waals surface area contributed by atoms with Gasteiger partial charge in [-0.05, 0) is 55.0 Å². The lowest BCUT2D eigenvalue weighted by atomic mass is 10.0. The van der Waals surface area contributed by atoms with Crippen LogP contribution in [0, 0.1) is 6.92 Å². The monoisotopic (exact) mass is 509 g/mol. The van der Waals surface area contributed by atoms with E-state index in [1.807, 2.05) is 48.5 Å². The van der Waals surface area contributed by atoms with Crippen LogP contribution in [0.25, 0.3) is 16.6 Å². The normalized spacial score (nSPS) is 11.0. The molecule has 0 saturated carbocycles. The number of carbonyl (C=O) groups is 1. The van der Waals surface area contributed by atoms with Gasteiger partial charge >= 0.3 is 0 Å². The van der Waals surface area contributed by atoms with Crippen LogP contribution in [0.1, 0.15) is 21.6 Å². The van der Waals surface area contributed by atoms with E-state index in [4.69, 9.17) is 14.6 Å². The number of aromatic nitrogens is 3. The van der Waals surface area contributed by atoms with Crippen LogP contribution in [0.15, 0.2) is 89.9 Å². The molecule has 38 heavy (non-hydrogen) atoms. The van der Waals surface area contributed by atoms with E-state index in [0.29, 0.717) is 34.1 Å². The molecule has 0 saturated heterocycles. The van der Waals surface area contributed by atoms with Gasteiger partial charge in [0.25, 0.3) is 5.56 Å². The number of para-hydroxylation sites is 1. The Morgan fingerprint density at radius 3 is 2.45 bits per heavy atom. The van der Waals surface area contributed by atoms with Gasteiger partial charge < -0.3 is 14.6 Å². The molecule has 5 aromatic rings. The lowest BCUT2D eigenvalue weighted by molar-refractivity contribution is 0.0991. The summed E-state index contributed by atoms with van der Waals surface area (Å²) in [6.07, 6.45) is 1.76. The maximum Gasteiger partial charge on any atom is 0.282 e. The van der Waals surface area contributed by atoms with Crippen molar-refractivity contribution in [2.75, 3.05) is 13.2 Å². The molecule has 0 amide bonds. The van der Waals surface area contributed by atoms with E-state index in [2.05, 4.69) is 4.98 Å². The summed E-state index contributed by atoms with van der Waals surface area (Å²) in [5.41, 5.74) is 2.69. The summed E-state index contributed by atoms with van der Waals surface area (Å²) in [6, 6.07) is 23.8. The summed E-state index contributed by atoms with van der Waals surface area (Å²) < 4.78 is 14.8. The Hall–Kier alpha value is -4.69. The van der Waals surface area contributed by atoms with Crippen LogP contribution in [0.4, 0.5) is 0 Å². The average Bonchev–Trinajstić information content (AvgIpc) is 3.16. The third-order valence-electron chi connectivity index (χ3n) is 6.38. The fourth-order valence-corrected chi connectivity index (χ4v) is 4.41. The van der Waals surface area contributed by atoms with Crippen LogP contribution in [-0.4, -0.2) is 38.5 Å². The summed E-state index contributed by atoms with van der Waals surface area (Å²) in [5.74, 6) is 1.63. The van der Waals surface area contributed by atoms with Crippen molar-refractivity contribution in [3.05, 3.63) is 112 Å². The molecule has 0 bridgehead atoms. The SMILES string of the molecule is Cc1c(C(=O)Cc2ccc(Oc3ccnc4cc(OCCO)ccc34)cc2)c(=O)n(-c2ccccc2)n1C. The second-order valence-electron chi connectivity index (χ2n) is 8.84. The van der Waals surface area contributed by atoms with Gasteiger partial charge in [-0.3, -0.25) is 19.3 Å². The third kappa shape index (κ3) is 4.94. The van der Waals surface area contributed by atoms with Crippen LogP contribution in [0.3, 0.4) is 0 Å². The van der Waals surface area contributed by atoms with Gasteiger partial charge in [-0.1, -0.05) is 30.3 Å². The van der Waals surface area contributed by atoms with E-state index in [9.17, 15) is 9.59 Å². The van der Waals surface area contributed by atoms with E-state index < -0.39 is 0 Å². The summed E-state index contributed by atoms with van der Waals surface area (Å²) in [6.45, 7) is 1.93. The lowest BCUT2D eigenvalue weighted by Crippen LogP contribution is -2.23. The summed E-state index contributed by atoms with van der Waals surface area (Å²) >= 11 is 0. The van der Waals surface area contributed by atoms with Gasteiger partial charge in [0.05, 0.1) is 17.8 Å². The number of nitrogens with zero attached hydrogens (tertiary/aromatic N) is 3. The predicted octanol–water partition coefficient (Wildman–Crippen LogP) is 4.62. The number of aliphatic hydroxyl groups is 1. The zero-order chi connectivity index (χ0) is 26.6. The van der Waals surface area contributed by atoms with Crippen LogP contribution in [0.2, 0.25) is 0 Å². The zero-order valence-corrected chi connectivity index (χ0v) is 21.1. The number of benzene rings is 3. The zero-order valence-electron chi connectivity index (χ0n) is 21.1. The van der Waals surface area contributed by atoms with Crippen molar-refractivity contribution in [2.24, 2.45) is 7.05 Å². The van der Waals surface area contributed by atoms with Crippen molar-refractivity contribution in [3.8, 4) is 22.9 Å². The first-order valence-corrected chi connectivity index (χ1v) is 12.2. The number of pyridine rings is 1. The molecule has 1 N–H and O–H groups in total. The molecule has 3 aromatic carbocycles. The standard InChI is InChI=1S/C30H27N3O5/c1-20-29(30(36)33(32(20)2)22-6-4-3-5-7-22)27(35)18-21-8-10-23(11-9-21)38-28-14-15-31-26-19-24(37-17-16-34)12-13-25(26)28/h3-15,19,34H,16-18H2,1-2H3. The Bertz CT molecular complexity index is 1650. The number of carbonyl (C=O) groups excluding carboxylic acids is 1. The minimum atomic E-state index is -0.323. The van der Waals surface area contributed by atoms with E-state index in [0.717, 1.165) is 10.9 Å². The summed E-state index contributed by atoms with van der Waals surface area (Å²) in [4.78, 5) is 30.7. The molecule has 5 rings (SSSR count). The minimum Gasteiger partial charge on any atom is -0.491 e. The van der Waals surface area contributed by atoms with Gasteiger partial charge in [-0.25, -0.2) is 4.68 Å². The second-order valence-corrected chi connectivity index (χ2v) is 8.84. The van der Waals surface area contributed by atoms with Gasteiger partial charge in [-0.2, -0.15) is 0 Å². The molecular weight excluding hydrogens is 482 g/mol. The Morgan fingerprint density at radius 2 is 1.71 bits per heavy atom. The van der Waals surface area contributed by atoms with Gasteiger partial charge in [0.15, 0.2) is 5.78 Å². The molecule has 8 heteroatoms. The summed E-state index contributed by atoms with van der Waals surface area (Å²) in [7, 11) is 1.78. The maximum atomic E-state index is 13.2. The predicted molar refractivity (Wildman–Crippen MR) is 145 cm³/mol. The molecular formula is C30H27N3O5. The quantitative estimate of drug-likeness (QED) is 0.291. The lowest BCUT2D eigenvalue weighted by Gasteiger charge is -2.10. The molecule has 0 aliphatic heterocycles. The molecule has 0 atom stereocenters. The molecule has 0 spiro atoms. The first kappa shape index (κ1) is 25.0. The maximum absolute atomic E-state index is 13.2. The third-order valence-corrected chi connectivity index (χ3v) is 6.38. The number of fused-ring (bicyclic) bond motifs is 1. The van der Waals surface area contributed by atoms with E-state index in [1.54, 1.807) is 55.2 Å². The molecule has 0 unspecified atom stereocenters. The second kappa shape index (κ2) is 10.7. The van der Waals surface area contributed by atoms with Crippen LogP contribution < -0.4 is 15.0 Å². The van der Waals surface area contributed by atoms with Gasteiger partial charge in [-0.15, -0.1) is 0 Å². The number of rotatable bonds is 9. The number of ether oxygens (including phenoxy) is 2. The van der Waals surface area contributed by atoms with Crippen molar-refractivity contribution in [2.45, 2.75) is 13.3 Å². The fraction of sp³-hybridized carbons (Fsp3) is 0.167. The number of hydrogen-bond acceptors (Lipinski definition) is 6. The van der Waals surface area contributed by atoms with E-state index in [1.165, 1.54) is 4.68 Å². The molecule has 0 aliphatic rings. The Morgan fingerprint density at radius 1 is 0.974 bits per heavy atom. The average molecular weight is 510 g/mol.